The zero-order valence-corrected chi connectivity index (χ0v) is 17.8. The van der Waals surface area contributed by atoms with Gasteiger partial charge in [0.05, 0.1) is 23.3 Å². The minimum Gasteiger partial charge on any atom is -0.357 e. The molecule has 1 atom stereocenters. The number of guanidine groups is 1. The fourth-order valence-corrected chi connectivity index (χ4v) is 3.12. The summed E-state index contributed by atoms with van der Waals surface area (Å²) in [6.07, 6.45) is 0. The van der Waals surface area contributed by atoms with Crippen molar-refractivity contribution >= 4 is 41.3 Å². The predicted molar refractivity (Wildman–Crippen MR) is 110 cm³/mol. The zero-order chi connectivity index (χ0) is 17.7. The van der Waals surface area contributed by atoms with Crippen LogP contribution in [0.5, 0.6) is 0 Å². The maximum Gasteiger partial charge on any atom is 0.192 e. The molecule has 0 bridgehead atoms. The van der Waals surface area contributed by atoms with E-state index in [1.54, 1.807) is 17.4 Å². The largest absolute Gasteiger partial charge is 0.357 e. The molecule has 0 radical (unpaired) electrons. The topological polar surface area (TPSA) is 49.3 Å². The Morgan fingerprint density at radius 1 is 1.28 bits per heavy atom. The highest BCUT2D eigenvalue weighted by molar-refractivity contribution is 14.0. The maximum atomic E-state index is 13.4. The molecule has 0 saturated heterocycles. The fourth-order valence-electron chi connectivity index (χ4n) is 2.26. The number of hydrogen-bond acceptors (Lipinski definition) is 3. The second kappa shape index (κ2) is 10.0. The van der Waals surface area contributed by atoms with Crippen molar-refractivity contribution in [2.45, 2.75) is 40.3 Å². The summed E-state index contributed by atoms with van der Waals surface area (Å²) in [6.45, 7) is 9.02. The van der Waals surface area contributed by atoms with Gasteiger partial charge in [0.25, 0.3) is 0 Å². The average Bonchev–Trinajstić information content (AvgIpc) is 2.85. The Morgan fingerprint density at radius 3 is 2.56 bits per heavy atom. The lowest BCUT2D eigenvalue weighted by molar-refractivity contribution is 0.504. The van der Waals surface area contributed by atoms with Gasteiger partial charge in [0.1, 0.15) is 0 Å². The molecule has 0 saturated carbocycles. The predicted octanol–water partition coefficient (Wildman–Crippen LogP) is 4.47. The van der Waals surface area contributed by atoms with Gasteiger partial charge >= 0.3 is 0 Å². The van der Waals surface area contributed by atoms with Crippen LogP contribution in [0.4, 0.5) is 8.78 Å². The van der Waals surface area contributed by atoms with E-state index in [9.17, 15) is 8.78 Å². The zero-order valence-electron chi connectivity index (χ0n) is 14.7. The third-order valence-electron chi connectivity index (χ3n) is 3.52. The summed E-state index contributed by atoms with van der Waals surface area (Å²) in [5, 5.41) is 7.39. The van der Waals surface area contributed by atoms with Gasteiger partial charge in [-0.1, -0.05) is 6.07 Å². The summed E-state index contributed by atoms with van der Waals surface area (Å²) < 4.78 is 26.4. The number of benzene rings is 1. The molecular weight excluding hydrogens is 457 g/mol. The average molecular weight is 480 g/mol. The molecule has 0 amide bonds. The summed E-state index contributed by atoms with van der Waals surface area (Å²) in [5.41, 5.74) is 1.65. The molecule has 25 heavy (non-hydrogen) atoms. The van der Waals surface area contributed by atoms with Crippen LogP contribution in [-0.4, -0.2) is 17.5 Å². The number of rotatable bonds is 5. The van der Waals surface area contributed by atoms with Crippen LogP contribution in [0.25, 0.3) is 0 Å². The summed E-state index contributed by atoms with van der Waals surface area (Å²) in [5.74, 6) is -1.07. The highest BCUT2D eigenvalue weighted by Crippen LogP contribution is 2.18. The molecule has 2 N–H and O–H groups in total. The van der Waals surface area contributed by atoms with Crippen LogP contribution < -0.4 is 10.6 Å². The molecule has 1 aromatic heterocycles. The Hall–Kier alpha value is -1.29. The van der Waals surface area contributed by atoms with Crippen molar-refractivity contribution in [3.05, 3.63) is 51.0 Å². The van der Waals surface area contributed by atoms with Crippen molar-refractivity contribution < 1.29 is 8.78 Å². The number of thiazole rings is 1. The molecule has 1 unspecified atom stereocenters. The van der Waals surface area contributed by atoms with Crippen molar-refractivity contribution in [2.75, 3.05) is 6.54 Å². The Labute approximate surface area is 168 Å². The quantitative estimate of drug-likeness (QED) is 0.377. The van der Waals surface area contributed by atoms with E-state index in [0.717, 1.165) is 21.6 Å². The molecule has 1 heterocycles. The van der Waals surface area contributed by atoms with Crippen LogP contribution >= 0.6 is 35.3 Å². The van der Waals surface area contributed by atoms with Gasteiger partial charge in [-0.05, 0) is 45.4 Å². The molecule has 0 fully saturated rings. The Balaban J connectivity index is 0.00000312. The monoisotopic (exact) mass is 480 g/mol. The van der Waals surface area contributed by atoms with Gasteiger partial charge in [-0.3, -0.25) is 0 Å². The van der Waals surface area contributed by atoms with Crippen molar-refractivity contribution in [1.29, 1.82) is 0 Å². The lowest BCUT2D eigenvalue weighted by Gasteiger charge is -2.18. The van der Waals surface area contributed by atoms with Gasteiger partial charge in [-0.2, -0.15) is 0 Å². The van der Waals surface area contributed by atoms with Gasteiger partial charge < -0.3 is 10.6 Å². The number of nitrogens with zero attached hydrogens (tertiary/aromatic N) is 2. The molecule has 1 aromatic carbocycles. The first kappa shape index (κ1) is 21.8. The van der Waals surface area contributed by atoms with Gasteiger partial charge in [0.2, 0.25) is 0 Å². The number of hydrogen-bond donors (Lipinski definition) is 2. The standard InChI is InChI=1S/C17H22F2N4S.HI/c1-5-20-17(21-9-16-11(3)22-12(4)24-16)23-10(2)13-6-7-14(18)15(19)8-13;/h6-8,10H,5,9H2,1-4H3,(H2,20,21,23);1H. The first-order chi connectivity index (χ1) is 11.4. The van der Waals surface area contributed by atoms with E-state index in [4.69, 9.17) is 0 Å². The first-order valence-electron chi connectivity index (χ1n) is 7.83. The van der Waals surface area contributed by atoms with Crippen molar-refractivity contribution in [3.63, 3.8) is 0 Å². The number of halogens is 3. The molecule has 2 aromatic rings. The van der Waals surface area contributed by atoms with Crippen molar-refractivity contribution in [2.24, 2.45) is 4.99 Å². The number of aliphatic imine (C=N–C) groups is 1. The van der Waals surface area contributed by atoms with Gasteiger partial charge in [0, 0.05) is 11.4 Å². The normalized spacial score (nSPS) is 12.5. The second-order valence-corrected chi connectivity index (χ2v) is 6.76. The van der Waals surface area contributed by atoms with Crippen molar-refractivity contribution in [1.82, 2.24) is 15.6 Å². The first-order valence-corrected chi connectivity index (χ1v) is 8.65. The van der Waals surface area contributed by atoms with Crippen LogP contribution in [0, 0.1) is 25.5 Å². The van der Waals surface area contributed by atoms with Crippen LogP contribution in [0.3, 0.4) is 0 Å². The molecule has 138 valence electrons. The Morgan fingerprint density at radius 2 is 2.00 bits per heavy atom. The van der Waals surface area contributed by atoms with E-state index in [-0.39, 0.29) is 30.0 Å². The Bertz CT molecular complexity index is 733. The fraction of sp³-hybridized carbons (Fsp3) is 0.412. The van der Waals surface area contributed by atoms with Gasteiger partial charge in [-0.15, -0.1) is 35.3 Å². The highest BCUT2D eigenvalue weighted by atomic mass is 127. The number of aryl methyl sites for hydroxylation is 2. The van der Waals surface area contributed by atoms with Crippen molar-refractivity contribution in [3.8, 4) is 0 Å². The van der Waals surface area contributed by atoms with Gasteiger partial charge in [0.15, 0.2) is 17.6 Å². The van der Waals surface area contributed by atoms with E-state index in [0.29, 0.717) is 24.6 Å². The SMILES string of the molecule is CCNC(=NCc1sc(C)nc1C)NC(C)c1ccc(F)c(F)c1.I. The van der Waals surface area contributed by atoms with E-state index < -0.39 is 11.6 Å². The maximum absolute atomic E-state index is 13.4. The van der Waals surface area contributed by atoms with Crippen LogP contribution in [0.2, 0.25) is 0 Å². The molecular formula is C17H23F2IN4S. The summed E-state index contributed by atoms with van der Waals surface area (Å²) in [6, 6.07) is 3.70. The number of aromatic nitrogens is 1. The molecule has 4 nitrogen and oxygen atoms in total. The van der Waals surface area contributed by atoms with Crippen LogP contribution in [0.1, 0.15) is 41.0 Å². The molecule has 0 aliphatic carbocycles. The van der Waals surface area contributed by atoms with E-state index >= 15 is 0 Å². The summed E-state index contributed by atoms with van der Waals surface area (Å²) in [4.78, 5) is 10.1. The van der Waals surface area contributed by atoms with Crippen LogP contribution in [-0.2, 0) is 6.54 Å². The third kappa shape index (κ3) is 6.18. The van der Waals surface area contributed by atoms with E-state index in [2.05, 4.69) is 20.6 Å². The summed E-state index contributed by atoms with van der Waals surface area (Å²) in [7, 11) is 0. The van der Waals surface area contributed by atoms with Crippen LogP contribution in [0.15, 0.2) is 23.2 Å². The molecule has 0 spiro atoms. The second-order valence-electron chi connectivity index (χ2n) is 5.48. The Kier molecular flexibility index (Phi) is 8.70. The van der Waals surface area contributed by atoms with E-state index in [1.807, 2.05) is 27.7 Å². The van der Waals surface area contributed by atoms with E-state index in [1.165, 1.54) is 6.07 Å². The molecule has 8 heteroatoms. The third-order valence-corrected chi connectivity index (χ3v) is 4.58. The minimum atomic E-state index is -0.848. The molecule has 0 aliphatic rings. The molecule has 2 rings (SSSR count). The van der Waals surface area contributed by atoms with Gasteiger partial charge in [-0.25, -0.2) is 18.8 Å². The number of nitrogens with one attached hydrogen (secondary N) is 2. The lowest BCUT2D eigenvalue weighted by atomic mass is 10.1. The lowest BCUT2D eigenvalue weighted by Crippen LogP contribution is -2.38. The minimum absolute atomic E-state index is 0. The highest BCUT2D eigenvalue weighted by Gasteiger charge is 2.11. The summed E-state index contributed by atoms with van der Waals surface area (Å²) >= 11 is 1.63. The smallest absolute Gasteiger partial charge is 0.192 e. The molecule has 0 aliphatic heterocycles.